The number of methoxy groups -OCH3 is 2. The molecule has 0 aliphatic heterocycles. The van der Waals surface area contributed by atoms with Crippen LogP contribution in [0.1, 0.15) is 12.0 Å². The average molecular weight is 338 g/mol. The summed E-state index contributed by atoms with van der Waals surface area (Å²) in [6, 6.07) is 14.7. The van der Waals surface area contributed by atoms with Gasteiger partial charge in [0, 0.05) is 23.9 Å². The van der Waals surface area contributed by atoms with Crippen molar-refractivity contribution in [1.29, 1.82) is 0 Å². The summed E-state index contributed by atoms with van der Waals surface area (Å²) in [5.74, 6) is 0.287. The molecule has 0 fully saturated rings. The van der Waals surface area contributed by atoms with Gasteiger partial charge in [0.15, 0.2) is 0 Å². The zero-order valence-electron chi connectivity index (χ0n) is 14.1. The Bertz CT molecular complexity index is 957. The third kappa shape index (κ3) is 3.55. The number of esters is 1. The van der Waals surface area contributed by atoms with Gasteiger partial charge < -0.3 is 13.9 Å². The molecular formula is C20H18O5. The van der Waals surface area contributed by atoms with Gasteiger partial charge in [-0.2, -0.15) is 0 Å². The number of ether oxygens (including phenoxy) is 2. The van der Waals surface area contributed by atoms with Crippen LogP contribution in [0, 0.1) is 0 Å². The Morgan fingerprint density at radius 2 is 1.84 bits per heavy atom. The van der Waals surface area contributed by atoms with E-state index in [1.54, 1.807) is 13.2 Å². The normalized spacial score (nSPS) is 10.6. The Balaban J connectivity index is 2.17. The molecule has 0 amide bonds. The maximum absolute atomic E-state index is 11.9. The number of fused-ring (bicyclic) bond motifs is 1. The second kappa shape index (κ2) is 7.21. The molecule has 3 rings (SSSR count). The van der Waals surface area contributed by atoms with Crippen LogP contribution < -0.4 is 10.4 Å². The van der Waals surface area contributed by atoms with Crippen molar-refractivity contribution >= 4 is 16.9 Å². The molecule has 0 atom stereocenters. The number of carbonyl (C=O) groups is 1. The van der Waals surface area contributed by atoms with Crippen molar-refractivity contribution in [3.8, 4) is 16.9 Å². The first kappa shape index (κ1) is 16.8. The smallest absolute Gasteiger partial charge is 0.336 e. The van der Waals surface area contributed by atoms with Crippen LogP contribution in [0.15, 0.2) is 57.7 Å². The van der Waals surface area contributed by atoms with Gasteiger partial charge in [0.25, 0.3) is 0 Å². The van der Waals surface area contributed by atoms with E-state index in [0.29, 0.717) is 17.8 Å². The fourth-order valence-corrected chi connectivity index (χ4v) is 2.82. The van der Waals surface area contributed by atoms with Crippen LogP contribution >= 0.6 is 0 Å². The van der Waals surface area contributed by atoms with E-state index in [1.165, 1.54) is 13.2 Å². The van der Waals surface area contributed by atoms with Gasteiger partial charge in [0.05, 0.1) is 14.2 Å². The summed E-state index contributed by atoms with van der Waals surface area (Å²) in [7, 11) is 2.91. The number of hydrogen-bond acceptors (Lipinski definition) is 5. The molecule has 0 N–H and O–H groups in total. The van der Waals surface area contributed by atoms with E-state index < -0.39 is 5.63 Å². The third-order valence-electron chi connectivity index (χ3n) is 4.06. The minimum atomic E-state index is -0.421. The number of hydrogen-bond donors (Lipinski definition) is 0. The lowest BCUT2D eigenvalue weighted by Crippen LogP contribution is -2.04. The van der Waals surface area contributed by atoms with Gasteiger partial charge in [0.1, 0.15) is 11.3 Å². The van der Waals surface area contributed by atoms with Gasteiger partial charge >= 0.3 is 11.6 Å². The Kier molecular flexibility index (Phi) is 4.84. The van der Waals surface area contributed by atoms with E-state index in [0.717, 1.165) is 22.1 Å². The molecule has 5 heteroatoms. The fourth-order valence-electron chi connectivity index (χ4n) is 2.82. The van der Waals surface area contributed by atoms with Gasteiger partial charge in [-0.1, -0.05) is 30.3 Å². The highest BCUT2D eigenvalue weighted by atomic mass is 16.5. The molecule has 0 bridgehead atoms. The first-order valence-corrected chi connectivity index (χ1v) is 7.89. The molecule has 0 spiro atoms. The molecule has 0 radical (unpaired) electrons. The first-order chi connectivity index (χ1) is 12.1. The molecule has 25 heavy (non-hydrogen) atoms. The van der Waals surface area contributed by atoms with Crippen molar-refractivity contribution in [3.05, 3.63) is 64.5 Å². The molecular weight excluding hydrogens is 320 g/mol. The zero-order valence-corrected chi connectivity index (χ0v) is 14.1. The van der Waals surface area contributed by atoms with E-state index in [-0.39, 0.29) is 12.4 Å². The van der Waals surface area contributed by atoms with Crippen LogP contribution in [-0.4, -0.2) is 20.2 Å². The molecule has 0 saturated carbocycles. The average Bonchev–Trinajstić information content (AvgIpc) is 2.65. The van der Waals surface area contributed by atoms with Crippen LogP contribution in [0.5, 0.6) is 5.75 Å². The maximum Gasteiger partial charge on any atom is 0.336 e. The molecule has 1 heterocycles. The Hall–Kier alpha value is -3.08. The van der Waals surface area contributed by atoms with Crippen molar-refractivity contribution in [1.82, 2.24) is 0 Å². The highest BCUT2D eigenvalue weighted by molar-refractivity contribution is 5.94. The minimum absolute atomic E-state index is 0.246. The predicted molar refractivity (Wildman–Crippen MR) is 94.8 cm³/mol. The van der Waals surface area contributed by atoms with Crippen LogP contribution in [0.4, 0.5) is 0 Å². The second-order valence-electron chi connectivity index (χ2n) is 5.58. The molecule has 0 aliphatic rings. The molecule has 1 aromatic heterocycles. The summed E-state index contributed by atoms with van der Waals surface area (Å²) in [5.41, 5.74) is 2.59. The van der Waals surface area contributed by atoms with Crippen LogP contribution in [0.3, 0.4) is 0 Å². The van der Waals surface area contributed by atoms with Gasteiger partial charge in [-0.05, 0) is 29.2 Å². The Morgan fingerprint density at radius 3 is 2.52 bits per heavy atom. The first-order valence-electron chi connectivity index (χ1n) is 7.89. The van der Waals surface area contributed by atoms with Gasteiger partial charge in [-0.25, -0.2) is 4.79 Å². The topological polar surface area (TPSA) is 65.7 Å². The van der Waals surface area contributed by atoms with Gasteiger partial charge in [0.2, 0.25) is 0 Å². The Labute approximate surface area is 144 Å². The van der Waals surface area contributed by atoms with E-state index in [4.69, 9.17) is 13.9 Å². The fraction of sp³-hybridized carbons (Fsp3) is 0.200. The summed E-state index contributed by atoms with van der Waals surface area (Å²) < 4.78 is 15.4. The Morgan fingerprint density at radius 1 is 1.08 bits per heavy atom. The number of benzene rings is 2. The van der Waals surface area contributed by atoms with E-state index in [2.05, 4.69) is 0 Å². The summed E-state index contributed by atoms with van der Waals surface area (Å²) in [4.78, 5) is 23.4. The highest BCUT2D eigenvalue weighted by Gasteiger charge is 2.14. The summed E-state index contributed by atoms with van der Waals surface area (Å²) >= 11 is 0. The van der Waals surface area contributed by atoms with Crippen molar-refractivity contribution in [3.63, 3.8) is 0 Å². The lowest BCUT2D eigenvalue weighted by atomic mass is 9.98. The van der Waals surface area contributed by atoms with E-state index in [1.807, 2.05) is 36.4 Å². The lowest BCUT2D eigenvalue weighted by molar-refractivity contribution is -0.140. The molecule has 5 nitrogen and oxygen atoms in total. The standard InChI is InChI=1S/C20H18O5/c1-23-17-12-18-16(10-14(17)8-9-19(21)24-2)15(11-20(22)25-18)13-6-4-3-5-7-13/h3-7,10-12H,8-9H2,1-2H3. The van der Waals surface area contributed by atoms with E-state index in [9.17, 15) is 9.59 Å². The highest BCUT2D eigenvalue weighted by Crippen LogP contribution is 2.32. The zero-order chi connectivity index (χ0) is 17.8. The van der Waals surface area contributed by atoms with Crippen molar-refractivity contribution in [2.24, 2.45) is 0 Å². The van der Waals surface area contributed by atoms with Crippen LogP contribution in [0.25, 0.3) is 22.1 Å². The minimum Gasteiger partial charge on any atom is -0.496 e. The summed E-state index contributed by atoms with van der Waals surface area (Å²) in [6.45, 7) is 0. The van der Waals surface area contributed by atoms with Gasteiger partial charge in [-0.3, -0.25) is 4.79 Å². The predicted octanol–water partition coefficient (Wildman–Crippen LogP) is 3.57. The summed E-state index contributed by atoms with van der Waals surface area (Å²) in [6.07, 6.45) is 0.717. The number of rotatable bonds is 5. The third-order valence-corrected chi connectivity index (χ3v) is 4.06. The molecule has 0 saturated heterocycles. The monoisotopic (exact) mass is 338 g/mol. The van der Waals surface area contributed by atoms with E-state index >= 15 is 0 Å². The number of aryl methyl sites for hydroxylation is 1. The van der Waals surface area contributed by atoms with Crippen molar-refractivity contribution in [2.45, 2.75) is 12.8 Å². The molecule has 3 aromatic rings. The largest absolute Gasteiger partial charge is 0.496 e. The van der Waals surface area contributed by atoms with Crippen LogP contribution in [-0.2, 0) is 16.0 Å². The maximum atomic E-state index is 11.9. The quantitative estimate of drug-likeness (QED) is 0.525. The van der Waals surface area contributed by atoms with Crippen molar-refractivity contribution in [2.75, 3.05) is 14.2 Å². The van der Waals surface area contributed by atoms with Crippen LogP contribution in [0.2, 0.25) is 0 Å². The molecule has 0 unspecified atom stereocenters. The molecule has 128 valence electrons. The second-order valence-corrected chi connectivity index (χ2v) is 5.58. The lowest BCUT2D eigenvalue weighted by Gasteiger charge is -2.12. The summed E-state index contributed by atoms with van der Waals surface area (Å²) in [5, 5.41) is 0.798. The number of carbonyl (C=O) groups excluding carboxylic acids is 1. The molecule has 0 aliphatic carbocycles. The SMILES string of the molecule is COC(=O)CCc1cc2c(-c3ccccc3)cc(=O)oc2cc1OC. The van der Waals surface area contributed by atoms with Gasteiger partial charge in [-0.15, -0.1) is 0 Å². The van der Waals surface area contributed by atoms with Crippen molar-refractivity contribution < 1.29 is 18.7 Å². The molecule has 2 aromatic carbocycles.